The summed E-state index contributed by atoms with van der Waals surface area (Å²) in [5.74, 6) is -0.323. The van der Waals surface area contributed by atoms with Crippen molar-refractivity contribution in [2.75, 3.05) is 26.4 Å². The maximum absolute atomic E-state index is 11.1. The number of hydrogen-bond donors (Lipinski definition) is 0. The topological polar surface area (TPSA) is 46.6 Å². The first-order chi connectivity index (χ1) is 4.48. The summed E-state index contributed by atoms with van der Waals surface area (Å²) in [7, 11) is -0.546. The Labute approximate surface area is 59.6 Å². The number of hydrogen-bond acceptors (Lipinski definition) is 4. The SMILES string of the molecule is CN(C)CCS(=O)(=O)OF. The van der Waals surface area contributed by atoms with Gasteiger partial charge in [0.2, 0.25) is 0 Å². The van der Waals surface area contributed by atoms with Gasteiger partial charge in [-0.2, -0.15) is 8.42 Å². The smallest absolute Gasteiger partial charge is 0.299 e. The van der Waals surface area contributed by atoms with E-state index in [9.17, 15) is 12.9 Å². The number of nitrogens with zero attached hydrogens (tertiary/aromatic N) is 1. The van der Waals surface area contributed by atoms with Gasteiger partial charge in [0.1, 0.15) is 0 Å². The van der Waals surface area contributed by atoms with Crippen LogP contribution in [0.5, 0.6) is 0 Å². The van der Waals surface area contributed by atoms with Gasteiger partial charge in [-0.25, -0.2) is 0 Å². The van der Waals surface area contributed by atoms with Crippen LogP contribution < -0.4 is 0 Å². The predicted octanol–water partition coefficient (Wildman–Crippen LogP) is -0.221. The van der Waals surface area contributed by atoms with Crippen molar-refractivity contribution in [2.24, 2.45) is 0 Å². The molecule has 4 nitrogen and oxygen atoms in total. The van der Waals surface area contributed by atoms with Crippen LogP contribution in [0.2, 0.25) is 0 Å². The molecule has 0 radical (unpaired) electrons. The Morgan fingerprint density at radius 3 is 2.30 bits per heavy atom. The molecule has 0 aliphatic rings. The van der Waals surface area contributed by atoms with E-state index in [2.05, 4.69) is 4.39 Å². The molecule has 6 heteroatoms. The Morgan fingerprint density at radius 2 is 2.00 bits per heavy atom. The van der Waals surface area contributed by atoms with Crippen molar-refractivity contribution in [2.45, 2.75) is 0 Å². The highest BCUT2D eigenvalue weighted by atomic mass is 32.2. The third-order valence-corrected chi connectivity index (χ3v) is 1.76. The van der Waals surface area contributed by atoms with E-state index in [0.717, 1.165) is 0 Å². The zero-order valence-electron chi connectivity index (χ0n) is 5.87. The molecular weight excluding hydrogens is 161 g/mol. The normalized spacial score (nSPS) is 12.4. The lowest BCUT2D eigenvalue weighted by atomic mass is 10.7. The van der Waals surface area contributed by atoms with Crippen LogP contribution in [0.25, 0.3) is 0 Å². The fourth-order valence-corrected chi connectivity index (χ4v) is 0.978. The molecule has 0 bridgehead atoms. The van der Waals surface area contributed by atoms with Crippen molar-refractivity contribution in [3.8, 4) is 0 Å². The van der Waals surface area contributed by atoms with Crippen LogP contribution >= 0.6 is 0 Å². The van der Waals surface area contributed by atoms with E-state index in [1.807, 2.05) is 0 Å². The molecular formula is C4H10FNO3S. The van der Waals surface area contributed by atoms with E-state index >= 15 is 0 Å². The zero-order chi connectivity index (χ0) is 8.20. The molecule has 0 amide bonds. The molecule has 0 spiro atoms. The minimum Gasteiger partial charge on any atom is -0.308 e. The van der Waals surface area contributed by atoms with Crippen LogP contribution in [0.1, 0.15) is 0 Å². The summed E-state index contributed by atoms with van der Waals surface area (Å²) in [6.07, 6.45) is 0. The van der Waals surface area contributed by atoms with E-state index in [4.69, 9.17) is 0 Å². The van der Waals surface area contributed by atoms with Crippen LogP contribution in [-0.2, 0) is 14.5 Å². The molecule has 0 aromatic rings. The van der Waals surface area contributed by atoms with Gasteiger partial charge in [-0.05, 0) is 18.6 Å². The summed E-state index contributed by atoms with van der Waals surface area (Å²) in [4.78, 5) is 1.62. The van der Waals surface area contributed by atoms with Crippen molar-refractivity contribution in [1.29, 1.82) is 0 Å². The molecule has 0 N–H and O–H groups in total. The largest absolute Gasteiger partial charge is 0.308 e. The second-order valence-electron chi connectivity index (χ2n) is 2.13. The first kappa shape index (κ1) is 9.80. The molecule has 0 aliphatic carbocycles. The van der Waals surface area contributed by atoms with Gasteiger partial charge in [-0.15, -0.1) is 0 Å². The molecule has 0 heterocycles. The second-order valence-corrected chi connectivity index (χ2v) is 3.78. The van der Waals surface area contributed by atoms with Crippen molar-refractivity contribution in [3.05, 3.63) is 0 Å². The summed E-state index contributed by atoms with van der Waals surface area (Å²) in [5.41, 5.74) is 0. The van der Waals surface area contributed by atoms with Crippen molar-refractivity contribution < 1.29 is 17.3 Å². The van der Waals surface area contributed by atoms with Crippen molar-refractivity contribution in [1.82, 2.24) is 4.90 Å². The molecule has 0 rings (SSSR count). The average Bonchev–Trinajstić information content (AvgIpc) is 1.85. The monoisotopic (exact) mass is 171 g/mol. The third-order valence-electron chi connectivity index (χ3n) is 0.884. The van der Waals surface area contributed by atoms with E-state index in [0.29, 0.717) is 0 Å². The fraction of sp³-hybridized carbons (Fsp3) is 1.00. The fourth-order valence-electron chi connectivity index (χ4n) is 0.326. The molecule has 0 aromatic carbocycles. The lowest BCUT2D eigenvalue weighted by Gasteiger charge is -2.06. The molecule has 0 aliphatic heterocycles. The van der Waals surface area contributed by atoms with Crippen LogP contribution in [0.15, 0.2) is 0 Å². The Kier molecular flexibility index (Phi) is 3.77. The Bertz CT molecular complexity index is 177. The third kappa shape index (κ3) is 4.66. The molecule has 0 atom stereocenters. The highest BCUT2D eigenvalue weighted by Gasteiger charge is 2.10. The van der Waals surface area contributed by atoms with Crippen LogP contribution in [-0.4, -0.2) is 39.7 Å². The van der Waals surface area contributed by atoms with Gasteiger partial charge < -0.3 is 4.90 Å². The zero-order valence-corrected chi connectivity index (χ0v) is 6.69. The summed E-state index contributed by atoms with van der Waals surface area (Å²) >= 11 is 0. The van der Waals surface area contributed by atoms with Gasteiger partial charge in [-0.1, -0.05) is 4.39 Å². The Hall–Kier alpha value is -0.200. The van der Waals surface area contributed by atoms with Crippen LogP contribution in [0.3, 0.4) is 0 Å². The second kappa shape index (κ2) is 3.85. The molecule has 0 aromatic heterocycles. The van der Waals surface area contributed by atoms with E-state index < -0.39 is 10.1 Å². The number of halogens is 1. The van der Waals surface area contributed by atoms with Gasteiger partial charge in [0.15, 0.2) is 0 Å². The minimum absolute atomic E-state index is 0.256. The molecule has 62 valence electrons. The molecule has 0 saturated heterocycles. The van der Waals surface area contributed by atoms with Gasteiger partial charge in [-0.3, -0.25) is 0 Å². The maximum atomic E-state index is 11.1. The highest BCUT2D eigenvalue weighted by molar-refractivity contribution is 7.86. The van der Waals surface area contributed by atoms with Crippen molar-refractivity contribution in [3.63, 3.8) is 0 Å². The van der Waals surface area contributed by atoms with Crippen molar-refractivity contribution >= 4 is 10.1 Å². The predicted molar refractivity (Wildman–Crippen MR) is 34.5 cm³/mol. The van der Waals surface area contributed by atoms with Crippen LogP contribution in [0, 0.1) is 0 Å². The van der Waals surface area contributed by atoms with Gasteiger partial charge in [0.05, 0.1) is 5.75 Å². The van der Waals surface area contributed by atoms with E-state index in [-0.39, 0.29) is 12.3 Å². The molecule has 0 unspecified atom stereocenters. The molecule has 0 fully saturated rings. The Balaban J connectivity index is 3.70. The average molecular weight is 171 g/mol. The van der Waals surface area contributed by atoms with Gasteiger partial charge in [0, 0.05) is 6.54 Å². The molecule has 0 saturated carbocycles. The standard InChI is InChI=1S/C4H10FNO3S/c1-6(2)3-4-10(7,8)9-5/h3-4H2,1-2H3. The highest BCUT2D eigenvalue weighted by Crippen LogP contribution is 1.92. The Morgan fingerprint density at radius 1 is 1.50 bits per heavy atom. The van der Waals surface area contributed by atoms with Crippen LogP contribution in [0.4, 0.5) is 4.53 Å². The summed E-state index contributed by atoms with van der Waals surface area (Å²) < 4.78 is 34.4. The lowest BCUT2D eigenvalue weighted by molar-refractivity contribution is 0.00275. The molecule has 10 heavy (non-hydrogen) atoms. The summed E-state index contributed by atoms with van der Waals surface area (Å²) in [6, 6.07) is 0. The van der Waals surface area contributed by atoms with Gasteiger partial charge >= 0.3 is 0 Å². The first-order valence-electron chi connectivity index (χ1n) is 2.65. The van der Waals surface area contributed by atoms with Gasteiger partial charge in [0.25, 0.3) is 10.1 Å². The van der Waals surface area contributed by atoms with E-state index in [1.54, 1.807) is 19.0 Å². The number of rotatable bonds is 4. The minimum atomic E-state index is -3.92. The summed E-state index contributed by atoms with van der Waals surface area (Å²) in [6.45, 7) is 0.256. The first-order valence-corrected chi connectivity index (χ1v) is 4.23. The quantitative estimate of drug-likeness (QED) is 0.586. The van der Waals surface area contributed by atoms with E-state index in [1.165, 1.54) is 0 Å². The summed E-state index contributed by atoms with van der Waals surface area (Å²) in [5, 5.41) is 0. The maximum Gasteiger partial charge on any atom is 0.299 e. The lowest BCUT2D eigenvalue weighted by Crippen LogP contribution is -2.21.